The van der Waals surface area contributed by atoms with Crippen LogP contribution in [0.25, 0.3) is 0 Å². The predicted octanol–water partition coefficient (Wildman–Crippen LogP) is 5.12. The van der Waals surface area contributed by atoms with Gasteiger partial charge in [-0.2, -0.15) is 0 Å². The molecule has 0 bridgehead atoms. The van der Waals surface area contributed by atoms with Crippen LogP contribution in [-0.2, 0) is 5.75 Å². The minimum atomic E-state index is -0.276. The van der Waals surface area contributed by atoms with Crippen molar-refractivity contribution in [2.45, 2.75) is 10.6 Å². The lowest BCUT2D eigenvalue weighted by Gasteiger charge is -2.06. The molecule has 1 nitrogen and oxygen atoms in total. The maximum absolute atomic E-state index is 13.6. The fourth-order valence-corrected chi connectivity index (χ4v) is 3.23. The average Bonchev–Trinajstić information content (AvgIpc) is 2.30. The molecule has 0 aliphatic rings. The lowest BCUT2D eigenvalue weighted by Crippen LogP contribution is -1.89. The molecule has 94 valence electrons. The molecule has 0 amide bonds. The highest BCUT2D eigenvalue weighted by atomic mass is 79.9. The van der Waals surface area contributed by atoms with Crippen LogP contribution >= 0.6 is 39.3 Å². The molecular formula is C13H10BrClFNS. The zero-order valence-electron chi connectivity index (χ0n) is 9.29. The summed E-state index contributed by atoms with van der Waals surface area (Å²) in [5, 5.41) is 0.412. The highest BCUT2D eigenvalue weighted by Crippen LogP contribution is 2.32. The fourth-order valence-electron chi connectivity index (χ4n) is 1.43. The molecule has 0 radical (unpaired) electrons. The van der Waals surface area contributed by atoms with E-state index in [1.165, 1.54) is 6.07 Å². The van der Waals surface area contributed by atoms with E-state index in [0.717, 1.165) is 9.37 Å². The van der Waals surface area contributed by atoms with E-state index < -0.39 is 0 Å². The van der Waals surface area contributed by atoms with Crippen LogP contribution in [0.2, 0.25) is 5.02 Å². The van der Waals surface area contributed by atoms with E-state index >= 15 is 0 Å². The van der Waals surface area contributed by atoms with Gasteiger partial charge >= 0.3 is 0 Å². The molecule has 2 aromatic rings. The van der Waals surface area contributed by atoms with Crippen molar-refractivity contribution < 1.29 is 4.39 Å². The molecule has 0 heterocycles. The minimum Gasteiger partial charge on any atom is -0.399 e. The number of anilines is 1. The van der Waals surface area contributed by atoms with Crippen molar-refractivity contribution in [2.24, 2.45) is 0 Å². The van der Waals surface area contributed by atoms with Gasteiger partial charge in [0.1, 0.15) is 5.82 Å². The Hall–Kier alpha value is -0.710. The van der Waals surface area contributed by atoms with Crippen molar-refractivity contribution in [1.29, 1.82) is 0 Å². The quantitative estimate of drug-likeness (QED) is 0.617. The highest BCUT2D eigenvalue weighted by Gasteiger charge is 2.06. The summed E-state index contributed by atoms with van der Waals surface area (Å²) in [6, 6.07) is 10.3. The van der Waals surface area contributed by atoms with Crippen molar-refractivity contribution in [3.8, 4) is 0 Å². The van der Waals surface area contributed by atoms with Gasteiger partial charge in [0.05, 0.1) is 0 Å². The second-order valence-electron chi connectivity index (χ2n) is 3.71. The van der Waals surface area contributed by atoms with Gasteiger partial charge < -0.3 is 5.73 Å². The van der Waals surface area contributed by atoms with E-state index in [2.05, 4.69) is 15.9 Å². The van der Waals surface area contributed by atoms with Crippen LogP contribution in [0.5, 0.6) is 0 Å². The number of nitrogens with two attached hydrogens (primary N) is 1. The van der Waals surface area contributed by atoms with Crippen LogP contribution < -0.4 is 5.73 Å². The molecule has 0 aliphatic heterocycles. The summed E-state index contributed by atoms with van der Waals surface area (Å²) in [5.74, 6) is 0.271. The Morgan fingerprint density at radius 1 is 1.22 bits per heavy atom. The highest BCUT2D eigenvalue weighted by molar-refractivity contribution is 9.10. The summed E-state index contributed by atoms with van der Waals surface area (Å²) in [7, 11) is 0. The van der Waals surface area contributed by atoms with Crippen LogP contribution in [0, 0.1) is 5.82 Å². The van der Waals surface area contributed by atoms with Crippen LogP contribution in [0.3, 0.4) is 0 Å². The van der Waals surface area contributed by atoms with Crippen molar-refractivity contribution >= 4 is 45.0 Å². The molecule has 0 aliphatic carbocycles. The standard InChI is InChI=1S/C13H10BrClFNS/c14-11-6-10(17)3-4-13(11)18-7-8-1-2-9(15)5-12(8)16/h1-6H,7,17H2. The molecule has 0 aromatic heterocycles. The van der Waals surface area contributed by atoms with Crippen LogP contribution in [0.4, 0.5) is 10.1 Å². The summed E-state index contributed by atoms with van der Waals surface area (Å²) in [6.07, 6.45) is 0. The zero-order valence-corrected chi connectivity index (χ0v) is 12.4. The summed E-state index contributed by atoms with van der Waals surface area (Å²) >= 11 is 10.7. The number of benzene rings is 2. The number of thioether (sulfide) groups is 1. The first kappa shape index (κ1) is 13.7. The number of hydrogen-bond acceptors (Lipinski definition) is 2. The number of halogens is 3. The second-order valence-corrected chi connectivity index (χ2v) is 6.02. The van der Waals surface area contributed by atoms with Crippen molar-refractivity contribution in [3.05, 3.63) is 57.3 Å². The van der Waals surface area contributed by atoms with E-state index in [0.29, 0.717) is 22.0 Å². The molecule has 5 heteroatoms. The Morgan fingerprint density at radius 3 is 2.67 bits per heavy atom. The molecule has 0 unspecified atom stereocenters. The first-order chi connectivity index (χ1) is 8.56. The van der Waals surface area contributed by atoms with Gasteiger partial charge in [0.25, 0.3) is 0 Å². The normalized spacial score (nSPS) is 10.6. The molecule has 0 atom stereocenters. The second kappa shape index (κ2) is 5.95. The smallest absolute Gasteiger partial charge is 0.128 e. The largest absolute Gasteiger partial charge is 0.399 e. The molecule has 2 rings (SSSR count). The Bertz CT molecular complexity index is 525. The number of nitrogen functional groups attached to an aromatic ring is 1. The molecule has 0 saturated carbocycles. The Labute approximate surface area is 123 Å². The lowest BCUT2D eigenvalue weighted by atomic mass is 10.2. The monoisotopic (exact) mass is 345 g/mol. The van der Waals surface area contributed by atoms with Gasteiger partial charge in [-0.3, -0.25) is 0 Å². The van der Waals surface area contributed by atoms with Crippen molar-refractivity contribution in [3.63, 3.8) is 0 Å². The van der Waals surface area contributed by atoms with Gasteiger partial charge in [-0.1, -0.05) is 17.7 Å². The Morgan fingerprint density at radius 2 is 2.00 bits per heavy atom. The topological polar surface area (TPSA) is 26.0 Å². The molecule has 2 N–H and O–H groups in total. The number of rotatable bonds is 3. The van der Waals surface area contributed by atoms with E-state index in [4.69, 9.17) is 17.3 Å². The molecule has 18 heavy (non-hydrogen) atoms. The Kier molecular flexibility index (Phi) is 4.54. The summed E-state index contributed by atoms with van der Waals surface area (Å²) in [6.45, 7) is 0. The number of hydrogen-bond donors (Lipinski definition) is 1. The zero-order chi connectivity index (χ0) is 13.1. The third-order valence-corrected chi connectivity index (χ3v) is 4.63. The molecule has 0 saturated heterocycles. The van der Waals surface area contributed by atoms with Crippen molar-refractivity contribution in [2.75, 3.05) is 5.73 Å². The molecule has 0 fully saturated rings. The van der Waals surface area contributed by atoms with E-state index in [1.807, 2.05) is 18.2 Å². The summed E-state index contributed by atoms with van der Waals surface area (Å²) in [5.41, 5.74) is 6.99. The van der Waals surface area contributed by atoms with Gasteiger partial charge in [0.15, 0.2) is 0 Å². The van der Waals surface area contributed by atoms with Crippen molar-refractivity contribution in [1.82, 2.24) is 0 Å². The van der Waals surface area contributed by atoms with Crippen LogP contribution in [0.1, 0.15) is 5.56 Å². The van der Waals surface area contributed by atoms with E-state index in [9.17, 15) is 4.39 Å². The third-order valence-electron chi connectivity index (χ3n) is 2.35. The fraction of sp³-hybridized carbons (Fsp3) is 0.0769. The first-order valence-electron chi connectivity index (χ1n) is 5.18. The van der Waals surface area contributed by atoms with Crippen LogP contribution in [0.15, 0.2) is 45.8 Å². The average molecular weight is 347 g/mol. The molecule has 0 spiro atoms. The van der Waals surface area contributed by atoms with E-state index in [-0.39, 0.29) is 5.82 Å². The maximum Gasteiger partial charge on any atom is 0.128 e. The van der Waals surface area contributed by atoms with Gasteiger partial charge in [-0.25, -0.2) is 4.39 Å². The Balaban J connectivity index is 2.11. The van der Waals surface area contributed by atoms with Gasteiger partial charge in [-0.15, -0.1) is 11.8 Å². The summed E-state index contributed by atoms with van der Waals surface area (Å²) < 4.78 is 14.5. The predicted molar refractivity (Wildman–Crippen MR) is 79.5 cm³/mol. The van der Waals surface area contributed by atoms with Gasteiger partial charge in [0, 0.05) is 25.8 Å². The summed E-state index contributed by atoms with van der Waals surface area (Å²) in [4.78, 5) is 1.03. The lowest BCUT2D eigenvalue weighted by molar-refractivity contribution is 0.617. The SMILES string of the molecule is Nc1ccc(SCc2ccc(Cl)cc2F)c(Br)c1. The maximum atomic E-state index is 13.6. The third kappa shape index (κ3) is 3.40. The van der Waals surface area contributed by atoms with E-state index in [1.54, 1.807) is 23.9 Å². The van der Waals surface area contributed by atoms with Gasteiger partial charge in [0.2, 0.25) is 0 Å². The van der Waals surface area contributed by atoms with Crippen LogP contribution in [-0.4, -0.2) is 0 Å². The molecular weight excluding hydrogens is 337 g/mol. The first-order valence-corrected chi connectivity index (χ1v) is 7.33. The van der Waals surface area contributed by atoms with Gasteiger partial charge in [-0.05, 0) is 51.8 Å². The molecule has 2 aromatic carbocycles. The minimum absolute atomic E-state index is 0.276.